The molecule has 2 aliphatic rings. The molecule has 26 heavy (non-hydrogen) atoms. The summed E-state index contributed by atoms with van der Waals surface area (Å²) in [4.78, 5) is 38.6. The van der Waals surface area contributed by atoms with Gasteiger partial charge < -0.3 is 20.5 Å². The van der Waals surface area contributed by atoms with Crippen molar-refractivity contribution < 1.29 is 24.2 Å². The number of carbonyl (C=O) groups is 3. The van der Waals surface area contributed by atoms with Crippen LogP contribution in [0.25, 0.3) is 0 Å². The molecule has 8 nitrogen and oxygen atoms in total. The van der Waals surface area contributed by atoms with E-state index >= 15 is 0 Å². The van der Waals surface area contributed by atoms with Gasteiger partial charge in [-0.25, -0.2) is 0 Å². The highest BCUT2D eigenvalue weighted by Crippen LogP contribution is 2.32. The molecule has 3 amide bonds. The van der Waals surface area contributed by atoms with Crippen molar-refractivity contribution in [3.63, 3.8) is 0 Å². The number of rotatable bonds is 6. The van der Waals surface area contributed by atoms with Crippen molar-refractivity contribution in [3.05, 3.63) is 29.3 Å². The standard InChI is InChI=1S/C18H19N3O5/c1-2-9-26-10-8-19-12-5-3-4-11-15(12)18(25)21(17(11)24)13-6-7-14(22)20-16(13)23/h1,3-5,13-14,19,22H,6-10H2,(H,20,23). The zero-order valence-electron chi connectivity index (χ0n) is 14.0. The van der Waals surface area contributed by atoms with Crippen molar-refractivity contribution >= 4 is 23.4 Å². The van der Waals surface area contributed by atoms with E-state index in [0.717, 1.165) is 4.90 Å². The van der Waals surface area contributed by atoms with Crippen molar-refractivity contribution in [2.24, 2.45) is 0 Å². The molecule has 1 saturated heterocycles. The zero-order chi connectivity index (χ0) is 18.7. The number of benzene rings is 1. The Morgan fingerprint density at radius 1 is 1.31 bits per heavy atom. The number of nitrogens with one attached hydrogen (secondary N) is 2. The van der Waals surface area contributed by atoms with Gasteiger partial charge in [0.05, 0.1) is 17.7 Å². The number of carbonyl (C=O) groups excluding carboxylic acids is 3. The molecule has 2 unspecified atom stereocenters. The number of piperidine rings is 1. The summed E-state index contributed by atoms with van der Waals surface area (Å²) < 4.78 is 5.17. The van der Waals surface area contributed by atoms with Crippen molar-refractivity contribution in [2.75, 3.05) is 25.1 Å². The average molecular weight is 357 g/mol. The van der Waals surface area contributed by atoms with E-state index in [0.29, 0.717) is 18.8 Å². The van der Waals surface area contributed by atoms with E-state index in [1.54, 1.807) is 18.2 Å². The van der Waals surface area contributed by atoms with Crippen LogP contribution in [-0.4, -0.2) is 59.8 Å². The molecule has 1 aromatic carbocycles. The number of ether oxygens (including phenoxy) is 1. The molecule has 0 bridgehead atoms. The maximum absolute atomic E-state index is 12.9. The Labute approximate surface area is 150 Å². The summed E-state index contributed by atoms with van der Waals surface area (Å²) in [6, 6.07) is 4.01. The van der Waals surface area contributed by atoms with E-state index < -0.39 is 30.0 Å². The van der Waals surface area contributed by atoms with Gasteiger partial charge in [0.15, 0.2) is 0 Å². The summed E-state index contributed by atoms with van der Waals surface area (Å²) in [5, 5.41) is 14.9. The van der Waals surface area contributed by atoms with Gasteiger partial charge in [-0.15, -0.1) is 6.42 Å². The first-order valence-electron chi connectivity index (χ1n) is 8.29. The highest BCUT2D eigenvalue weighted by Gasteiger charge is 2.45. The average Bonchev–Trinajstić information content (AvgIpc) is 2.87. The lowest BCUT2D eigenvalue weighted by molar-refractivity contribution is -0.131. The predicted molar refractivity (Wildman–Crippen MR) is 92.3 cm³/mol. The summed E-state index contributed by atoms with van der Waals surface area (Å²) in [7, 11) is 0. The van der Waals surface area contributed by atoms with Crippen LogP contribution in [0.2, 0.25) is 0 Å². The predicted octanol–water partition coefficient (Wildman–Crippen LogP) is -0.0587. The lowest BCUT2D eigenvalue weighted by atomic mass is 10.0. The van der Waals surface area contributed by atoms with E-state index in [2.05, 4.69) is 16.6 Å². The van der Waals surface area contributed by atoms with Gasteiger partial charge in [-0.3, -0.25) is 19.3 Å². The molecule has 2 aliphatic heterocycles. The highest BCUT2D eigenvalue weighted by molar-refractivity contribution is 6.25. The molecule has 0 saturated carbocycles. The van der Waals surface area contributed by atoms with Crippen LogP contribution in [0.15, 0.2) is 18.2 Å². The van der Waals surface area contributed by atoms with Gasteiger partial charge in [-0.2, -0.15) is 0 Å². The van der Waals surface area contributed by atoms with Gasteiger partial charge in [-0.05, 0) is 25.0 Å². The minimum atomic E-state index is -0.950. The number of hydrogen-bond acceptors (Lipinski definition) is 6. The molecule has 8 heteroatoms. The van der Waals surface area contributed by atoms with E-state index in [1.165, 1.54) is 0 Å². The van der Waals surface area contributed by atoms with Gasteiger partial charge >= 0.3 is 0 Å². The van der Waals surface area contributed by atoms with Crippen LogP contribution in [0.4, 0.5) is 5.69 Å². The van der Waals surface area contributed by atoms with Gasteiger partial charge in [0.25, 0.3) is 11.8 Å². The van der Waals surface area contributed by atoms with Gasteiger partial charge in [0.2, 0.25) is 5.91 Å². The van der Waals surface area contributed by atoms with E-state index in [-0.39, 0.29) is 30.6 Å². The van der Waals surface area contributed by atoms with Gasteiger partial charge in [0.1, 0.15) is 18.9 Å². The van der Waals surface area contributed by atoms with E-state index in [1.807, 2.05) is 0 Å². The third-order valence-corrected chi connectivity index (χ3v) is 4.33. The third kappa shape index (κ3) is 3.27. The fourth-order valence-corrected chi connectivity index (χ4v) is 3.15. The Morgan fingerprint density at radius 2 is 2.12 bits per heavy atom. The quantitative estimate of drug-likeness (QED) is 0.374. The number of nitrogens with zero attached hydrogens (tertiary/aromatic N) is 1. The molecule has 3 rings (SSSR count). The second-order valence-corrected chi connectivity index (χ2v) is 6.01. The minimum Gasteiger partial charge on any atom is -0.382 e. The Balaban J connectivity index is 1.78. The van der Waals surface area contributed by atoms with Crippen molar-refractivity contribution in [2.45, 2.75) is 25.1 Å². The highest BCUT2D eigenvalue weighted by atomic mass is 16.5. The number of terminal acetylenes is 1. The van der Waals surface area contributed by atoms with Crippen LogP contribution < -0.4 is 10.6 Å². The van der Waals surface area contributed by atoms with E-state index in [4.69, 9.17) is 11.2 Å². The molecule has 1 fully saturated rings. The largest absolute Gasteiger partial charge is 0.382 e. The molecule has 2 atom stereocenters. The SMILES string of the molecule is C#CCOCCNc1cccc2c1C(=O)N(C1CCC(O)NC1=O)C2=O. The number of amides is 3. The van der Waals surface area contributed by atoms with Crippen LogP contribution >= 0.6 is 0 Å². The molecule has 3 N–H and O–H groups in total. The van der Waals surface area contributed by atoms with Crippen LogP contribution in [-0.2, 0) is 9.53 Å². The molecule has 0 aliphatic carbocycles. The monoisotopic (exact) mass is 357 g/mol. The lowest BCUT2D eigenvalue weighted by Gasteiger charge is -2.31. The molecule has 0 spiro atoms. The Bertz CT molecular complexity index is 786. The molecule has 136 valence electrons. The van der Waals surface area contributed by atoms with E-state index in [9.17, 15) is 19.5 Å². The fraction of sp³-hybridized carbons (Fsp3) is 0.389. The summed E-state index contributed by atoms with van der Waals surface area (Å²) in [6.45, 7) is 0.959. The Kier molecular flexibility index (Phi) is 5.21. The van der Waals surface area contributed by atoms with Crippen LogP contribution in [0.5, 0.6) is 0 Å². The van der Waals surface area contributed by atoms with Crippen LogP contribution in [0, 0.1) is 12.3 Å². The number of fused-ring (bicyclic) bond motifs is 1. The molecule has 1 aromatic rings. The summed E-state index contributed by atoms with van der Waals surface area (Å²) in [5.74, 6) is 0.802. The maximum atomic E-state index is 12.9. The molecular formula is C18H19N3O5. The normalized spacial score (nSPS) is 22.0. The first kappa shape index (κ1) is 17.9. The second kappa shape index (κ2) is 7.56. The summed E-state index contributed by atoms with van der Waals surface area (Å²) in [5.41, 5.74) is 1.00. The molecule has 0 aromatic heterocycles. The van der Waals surface area contributed by atoms with Crippen LogP contribution in [0.1, 0.15) is 33.6 Å². The molecular weight excluding hydrogens is 338 g/mol. The van der Waals surface area contributed by atoms with Crippen molar-refractivity contribution in [1.82, 2.24) is 10.2 Å². The fourth-order valence-electron chi connectivity index (χ4n) is 3.15. The minimum absolute atomic E-state index is 0.197. The summed E-state index contributed by atoms with van der Waals surface area (Å²) in [6.07, 6.45) is 4.66. The third-order valence-electron chi connectivity index (χ3n) is 4.33. The number of anilines is 1. The van der Waals surface area contributed by atoms with Crippen molar-refractivity contribution in [1.29, 1.82) is 0 Å². The maximum Gasteiger partial charge on any atom is 0.264 e. The Morgan fingerprint density at radius 3 is 2.85 bits per heavy atom. The first-order valence-corrected chi connectivity index (χ1v) is 8.29. The van der Waals surface area contributed by atoms with Crippen LogP contribution in [0.3, 0.4) is 0 Å². The first-order chi connectivity index (χ1) is 12.5. The number of hydrogen-bond donors (Lipinski definition) is 3. The Hall–Kier alpha value is -2.89. The number of aliphatic hydroxyl groups excluding tert-OH is 1. The van der Waals surface area contributed by atoms with Crippen molar-refractivity contribution in [3.8, 4) is 12.3 Å². The topological polar surface area (TPSA) is 108 Å². The number of imide groups is 1. The molecule has 2 heterocycles. The zero-order valence-corrected chi connectivity index (χ0v) is 14.0. The lowest BCUT2D eigenvalue weighted by Crippen LogP contribution is -2.55. The molecule has 0 radical (unpaired) electrons. The van der Waals surface area contributed by atoms with Gasteiger partial charge in [-0.1, -0.05) is 12.0 Å². The smallest absolute Gasteiger partial charge is 0.264 e. The van der Waals surface area contributed by atoms with Gasteiger partial charge in [0, 0.05) is 12.2 Å². The summed E-state index contributed by atoms with van der Waals surface area (Å²) >= 11 is 0. The number of aliphatic hydroxyl groups is 1. The second-order valence-electron chi connectivity index (χ2n) is 6.01.